The Morgan fingerprint density at radius 1 is 0.569 bits per heavy atom. The normalized spacial score (nSPS) is 13.2. The van der Waals surface area contributed by atoms with Crippen molar-refractivity contribution in [1.82, 2.24) is 19.9 Å². The second-order valence-corrected chi connectivity index (χ2v) is 39.3. The van der Waals surface area contributed by atoms with Crippen molar-refractivity contribution in [3.05, 3.63) is 125 Å². The highest BCUT2D eigenvalue weighted by atomic mass is 35.5. The Labute approximate surface area is 616 Å². The van der Waals surface area contributed by atoms with Gasteiger partial charge in [0.25, 0.3) is 11.4 Å². The summed E-state index contributed by atoms with van der Waals surface area (Å²) in [5.41, 5.74) is 1.06. The van der Waals surface area contributed by atoms with E-state index >= 15 is 0 Å². The van der Waals surface area contributed by atoms with Crippen LogP contribution in [0.25, 0.3) is 0 Å². The van der Waals surface area contributed by atoms with E-state index in [1.807, 2.05) is 11.0 Å². The number of nitro groups is 2. The molecule has 2 saturated heterocycles. The average Bonchev–Trinajstić information content (AvgIpc) is 0.789. The molecule has 0 spiro atoms. The summed E-state index contributed by atoms with van der Waals surface area (Å²) >= 11 is 27.0. The second kappa shape index (κ2) is 36.8. The molecule has 0 N–H and O–H groups in total. The monoisotopic (exact) mass is 1530 g/mol. The largest absolute Gasteiger partial charge is 0.495 e. The lowest BCUT2D eigenvalue weighted by atomic mass is 10.1. The van der Waals surface area contributed by atoms with Gasteiger partial charge in [0.1, 0.15) is 97.9 Å². The third-order valence-electron chi connectivity index (χ3n) is 15.7. The van der Waals surface area contributed by atoms with E-state index in [-0.39, 0.29) is 116 Å². The van der Waals surface area contributed by atoms with Crippen molar-refractivity contribution in [3.8, 4) is 23.0 Å². The smallest absolute Gasteiger partial charge is 0.420 e. The highest BCUT2D eigenvalue weighted by Gasteiger charge is 2.36. The number of methoxy groups -OCH3 is 4. The molecule has 556 valence electrons. The van der Waals surface area contributed by atoms with Crippen molar-refractivity contribution in [2.24, 2.45) is 0 Å². The molecular formula is C67H91Cl4N13O16Si2. The lowest BCUT2D eigenvalue weighted by molar-refractivity contribution is -0.385. The molecule has 0 unspecified atom stereocenters. The molecule has 2 aliphatic rings. The minimum absolute atomic E-state index is 0. The van der Waals surface area contributed by atoms with Crippen molar-refractivity contribution in [2.75, 3.05) is 156 Å². The fraction of sp³-hybridized carbons (Fsp3) is 0.478. The zero-order valence-corrected chi connectivity index (χ0v) is 64.4. The number of anilines is 8. The van der Waals surface area contributed by atoms with E-state index in [0.29, 0.717) is 82.8 Å². The minimum Gasteiger partial charge on any atom is -0.495 e. The molecule has 2 aliphatic heterocycles. The predicted octanol–water partition coefficient (Wildman–Crippen LogP) is 15.1. The average molecular weight is 1530 g/mol. The van der Waals surface area contributed by atoms with Crippen LogP contribution in [-0.4, -0.2) is 192 Å². The van der Waals surface area contributed by atoms with E-state index in [0.717, 1.165) is 29.0 Å². The van der Waals surface area contributed by atoms with E-state index < -0.39 is 49.8 Å². The van der Waals surface area contributed by atoms with Crippen LogP contribution in [0.3, 0.4) is 0 Å². The molecule has 0 aliphatic carbocycles. The first-order valence-electron chi connectivity index (χ1n) is 32.0. The van der Waals surface area contributed by atoms with Gasteiger partial charge in [-0.2, -0.15) is 0 Å². The number of hydrogen-bond donors (Lipinski definition) is 0. The van der Waals surface area contributed by atoms with E-state index in [4.69, 9.17) is 89.0 Å². The third kappa shape index (κ3) is 21.7. The molecule has 6 aromatic rings. The van der Waals surface area contributed by atoms with Crippen LogP contribution in [0.4, 0.5) is 71.6 Å². The number of nitro benzene ring substituents is 2. The maximum Gasteiger partial charge on any atom is 0.420 e. The summed E-state index contributed by atoms with van der Waals surface area (Å²) in [6.07, 6.45) is 1.64. The highest BCUT2D eigenvalue weighted by Crippen LogP contribution is 2.49. The first-order chi connectivity index (χ1) is 47.7. The summed E-state index contributed by atoms with van der Waals surface area (Å²) < 4.78 is 50.3. The first kappa shape index (κ1) is 82.8. The van der Waals surface area contributed by atoms with Crippen molar-refractivity contribution >= 4 is 138 Å². The van der Waals surface area contributed by atoms with Gasteiger partial charge in [0.05, 0.1) is 81.8 Å². The van der Waals surface area contributed by atoms with Crippen LogP contribution in [0, 0.1) is 20.2 Å². The molecule has 35 heteroatoms. The number of morpholine rings is 2. The van der Waals surface area contributed by atoms with Gasteiger partial charge in [0, 0.05) is 129 Å². The van der Waals surface area contributed by atoms with Gasteiger partial charge in [-0.15, -0.1) is 0 Å². The summed E-state index contributed by atoms with van der Waals surface area (Å²) in [5, 5.41) is 24.9. The Balaban J connectivity index is 0.000000320. The summed E-state index contributed by atoms with van der Waals surface area (Å²) in [5.74, 6) is 1.09. The van der Waals surface area contributed by atoms with Crippen LogP contribution in [0.15, 0.2) is 73.3 Å². The third-order valence-corrected chi connectivity index (χ3v) is 20.6. The van der Waals surface area contributed by atoms with Gasteiger partial charge in [0.15, 0.2) is 0 Å². The molecule has 0 bridgehead atoms. The second-order valence-electron chi connectivity index (χ2n) is 26.5. The highest BCUT2D eigenvalue weighted by molar-refractivity contribution is 6.76. The van der Waals surface area contributed by atoms with Crippen LogP contribution < -0.4 is 53.2 Å². The van der Waals surface area contributed by atoms with Crippen LogP contribution in [-0.2, 0) is 30.1 Å². The summed E-state index contributed by atoms with van der Waals surface area (Å²) in [7, 11) is 5.80. The summed E-state index contributed by atoms with van der Waals surface area (Å²) in [6, 6.07) is 16.2. The number of benzene rings is 4. The molecule has 102 heavy (non-hydrogen) atoms. The molecular weight excluding hydrogens is 1440 g/mol. The van der Waals surface area contributed by atoms with Gasteiger partial charge in [-0.25, -0.2) is 39.2 Å². The molecule has 2 fully saturated rings. The SMILES string of the molecule is C.COc1cc(OC)c(Cl)c(N(COCC[Si](C)(C)C)C(=O)N(C)c2cc(Cc3ccc(N4CCOCC4)cc3[N+](=O)[O-])ncn2)c1Cl.COc1cc(OC)c(Cl)c(N(COCC[Si](C)(C)C)C(=O)N(C)c2cc(N(C(=O)OC(C)(C)C)c3ccc(N4CCOCC4)cc3[N+](=O)[O-])ncn2)c1Cl. The lowest BCUT2D eigenvalue weighted by Crippen LogP contribution is -2.44. The number of urea groups is 2. The lowest BCUT2D eigenvalue weighted by Gasteiger charge is -2.31. The molecule has 8 rings (SSSR count). The first-order valence-corrected chi connectivity index (χ1v) is 41.0. The van der Waals surface area contributed by atoms with Crippen LogP contribution in [0.2, 0.25) is 71.5 Å². The minimum atomic E-state index is -1.49. The Hall–Kier alpha value is -8.12. The fourth-order valence-corrected chi connectivity index (χ4v) is 13.1. The van der Waals surface area contributed by atoms with Gasteiger partial charge in [-0.05, 0) is 57.1 Å². The number of hydrogen-bond acceptors (Lipinski definition) is 22. The van der Waals surface area contributed by atoms with E-state index in [1.54, 1.807) is 52.1 Å². The molecule has 4 heterocycles. The quantitative estimate of drug-likeness (QED) is 0.0160. The zero-order chi connectivity index (χ0) is 74.3. The number of carbonyl (C=O) groups is 3. The number of rotatable bonds is 26. The van der Waals surface area contributed by atoms with E-state index in [9.17, 15) is 34.6 Å². The Morgan fingerprint density at radius 3 is 1.36 bits per heavy atom. The molecule has 0 radical (unpaired) electrons. The Bertz CT molecular complexity index is 3860. The molecule has 29 nitrogen and oxygen atoms in total. The van der Waals surface area contributed by atoms with Gasteiger partial charge in [-0.1, -0.05) is 93.1 Å². The molecule has 2 aromatic heterocycles. The molecule has 0 saturated carbocycles. The maximum absolute atomic E-state index is 14.5. The van der Waals surface area contributed by atoms with Gasteiger partial charge >= 0.3 is 18.2 Å². The number of ether oxygens (including phenoxy) is 9. The van der Waals surface area contributed by atoms with E-state index in [2.05, 4.69) is 64.1 Å². The Morgan fingerprint density at radius 2 is 0.961 bits per heavy atom. The zero-order valence-electron chi connectivity index (χ0n) is 59.4. The topological polar surface area (TPSA) is 295 Å². The van der Waals surface area contributed by atoms with Crippen molar-refractivity contribution in [2.45, 2.75) is 91.6 Å². The maximum atomic E-state index is 14.5. The van der Waals surface area contributed by atoms with Crippen molar-refractivity contribution in [1.29, 1.82) is 0 Å². The van der Waals surface area contributed by atoms with E-state index in [1.165, 1.54) is 91.7 Å². The Kier molecular flexibility index (Phi) is 29.9. The van der Waals surface area contributed by atoms with Gasteiger partial charge in [0.2, 0.25) is 0 Å². The van der Waals surface area contributed by atoms with Crippen molar-refractivity contribution in [3.63, 3.8) is 0 Å². The van der Waals surface area contributed by atoms with Gasteiger partial charge in [-0.3, -0.25) is 39.8 Å². The van der Waals surface area contributed by atoms with Crippen LogP contribution >= 0.6 is 46.4 Å². The number of carbonyl (C=O) groups excluding carboxylic acids is 3. The number of nitrogens with zero attached hydrogens (tertiary/aromatic N) is 13. The van der Waals surface area contributed by atoms with Crippen LogP contribution in [0.5, 0.6) is 23.0 Å². The van der Waals surface area contributed by atoms with Crippen LogP contribution in [0.1, 0.15) is 39.5 Å². The number of amides is 5. The molecule has 4 aromatic carbocycles. The molecule has 0 atom stereocenters. The number of aromatic nitrogens is 4. The molecule has 5 amide bonds. The van der Waals surface area contributed by atoms with Gasteiger partial charge < -0.3 is 52.4 Å². The predicted molar refractivity (Wildman–Crippen MR) is 404 cm³/mol. The number of halogens is 4. The standard InChI is InChI=1S/C35H47Cl2N7O9Si.C31H40Cl2N6O7Si.CH4/c1-35(2,3)53-34(46)43(24-11-10-23(18-25(24)44(47)48)41-12-14-51-15-13-41)29-20-28(38-21-39-29)40(4)33(45)42(22-52-16-17-54(7,8)9)32-30(36)26(49-5)19-27(50-6)31(32)37;1-36(31(40)38(20-46-13-14-47(4,5)6)30-28(32)25(43-2)18-26(44-3)29(30)33)27-16-22(34-19-35-27)15-21-7-8-23(17-24(21)39(41)42)37-9-11-45-12-10-37;/h10-11,18-21H,12-17,22H2,1-9H3;7-8,16-19H,9-15,20H2,1-6H3;1H4. The van der Waals surface area contributed by atoms with Crippen molar-refractivity contribution < 1.29 is 66.9 Å². The summed E-state index contributed by atoms with van der Waals surface area (Å²) in [4.78, 5) is 93.4. The summed E-state index contributed by atoms with van der Waals surface area (Å²) in [6.45, 7) is 23.2. The fourth-order valence-electron chi connectivity index (χ4n) is 10.2.